The van der Waals surface area contributed by atoms with Crippen LogP contribution >= 0.6 is 0 Å². The van der Waals surface area contributed by atoms with Gasteiger partial charge in [-0.2, -0.15) is 0 Å². The zero-order valence-corrected chi connectivity index (χ0v) is 37.2. The van der Waals surface area contributed by atoms with Crippen LogP contribution in [0.1, 0.15) is 0 Å². The molecule has 3 aliphatic rings. The molecule has 0 spiro atoms. The minimum Gasteiger partial charge on any atom is -0.458 e. The number of benzene rings is 10. The van der Waals surface area contributed by atoms with E-state index in [4.69, 9.17) is 18.6 Å². The number of para-hydroxylation sites is 2. The summed E-state index contributed by atoms with van der Waals surface area (Å²) >= 11 is 0. The Labute approximate surface area is 389 Å². The number of rotatable bonds is 6. The number of fused-ring (bicyclic) bond motifs is 9. The van der Waals surface area contributed by atoms with Gasteiger partial charge in [0.15, 0.2) is 8.07 Å². The Hall–Kier alpha value is -8.25. The first kappa shape index (κ1) is 38.1. The van der Waals surface area contributed by atoms with Crippen molar-refractivity contribution in [2.75, 3.05) is 0 Å². The Bertz CT molecular complexity index is 3650. The van der Waals surface area contributed by atoms with Gasteiger partial charge in [0.2, 0.25) is 0 Å². The van der Waals surface area contributed by atoms with Crippen LogP contribution in [-0.4, -0.2) is 21.5 Å². The molecular weight excluding hydrogens is 834 g/mol. The van der Waals surface area contributed by atoms with E-state index < -0.39 is 8.07 Å². The Morgan fingerprint density at radius 3 is 1.46 bits per heavy atom. The van der Waals surface area contributed by atoms with Crippen LogP contribution in [0.3, 0.4) is 0 Å². The molecule has 11 aromatic rings. The van der Waals surface area contributed by atoms with Crippen LogP contribution in [0, 0.1) is 0 Å². The van der Waals surface area contributed by atoms with E-state index in [1.165, 1.54) is 20.7 Å². The molecule has 0 N–H and O–H groups in total. The average Bonchev–Trinajstić information content (AvgIpc) is 3.76. The van der Waals surface area contributed by atoms with Crippen molar-refractivity contribution in [2.45, 2.75) is 0 Å². The highest BCUT2D eigenvalue weighted by Gasteiger charge is 2.44. The molecule has 67 heavy (non-hydrogen) atoms. The normalized spacial score (nSPS) is 13.1. The lowest BCUT2D eigenvalue weighted by Gasteiger charge is -2.35. The van der Waals surface area contributed by atoms with Crippen LogP contribution in [0.15, 0.2) is 235 Å². The standard InChI is InChI=1S/C60H38B2O4Si/c1-5-18-39(19-6-1)45-34-40(35-47-46-36-44(32-33-52(46)66-60(45)47)67(41-20-7-2-8-21-41,42-22-9-3-10-23-42)43-24-11-4-12-25-43)61-48-26-13-15-28-53(48)64-57-38-58-51(37-50(57)61)62-49-27-14-16-29-54(49)63-55-30-17-31-56(65-58)59(55)62/h1-38H. The molecule has 0 fully saturated rings. The van der Waals surface area contributed by atoms with Crippen LogP contribution in [-0.2, 0) is 0 Å². The lowest BCUT2D eigenvalue weighted by Crippen LogP contribution is -2.74. The van der Waals surface area contributed by atoms with Crippen molar-refractivity contribution in [1.82, 2.24) is 0 Å². The minimum absolute atomic E-state index is 0.0788. The number of furan rings is 1. The number of hydrogen-bond acceptors (Lipinski definition) is 4. The van der Waals surface area contributed by atoms with Gasteiger partial charge in [0.05, 0.1) is 0 Å². The maximum Gasteiger partial charge on any atom is 0.260 e. The fraction of sp³-hybridized carbons (Fsp3) is 0. The van der Waals surface area contributed by atoms with E-state index >= 15 is 0 Å². The van der Waals surface area contributed by atoms with E-state index in [1.54, 1.807) is 0 Å². The summed E-state index contributed by atoms with van der Waals surface area (Å²) in [4.78, 5) is 0. The topological polar surface area (TPSA) is 40.8 Å². The maximum atomic E-state index is 7.05. The van der Waals surface area contributed by atoms with Crippen LogP contribution in [0.4, 0.5) is 0 Å². The van der Waals surface area contributed by atoms with Crippen molar-refractivity contribution in [3.05, 3.63) is 231 Å². The summed E-state index contributed by atoms with van der Waals surface area (Å²) in [6.07, 6.45) is 0. The molecule has 7 heteroatoms. The first-order valence-electron chi connectivity index (χ1n) is 23.0. The molecule has 14 rings (SSSR count). The second-order valence-electron chi connectivity index (χ2n) is 17.8. The third kappa shape index (κ3) is 5.74. The second kappa shape index (κ2) is 14.9. The molecule has 3 aliphatic heterocycles. The van der Waals surface area contributed by atoms with E-state index in [1.807, 2.05) is 24.3 Å². The summed E-state index contributed by atoms with van der Waals surface area (Å²) in [5, 5.41) is 7.45. The van der Waals surface area contributed by atoms with Gasteiger partial charge in [-0.15, -0.1) is 0 Å². The molecule has 0 unspecified atom stereocenters. The first-order valence-corrected chi connectivity index (χ1v) is 25.0. The minimum atomic E-state index is -2.85. The molecule has 10 aromatic carbocycles. The van der Waals surface area contributed by atoms with Gasteiger partial charge in [-0.25, -0.2) is 0 Å². The summed E-state index contributed by atoms with van der Waals surface area (Å²) in [5.41, 5.74) is 10.5. The maximum absolute atomic E-state index is 7.05. The van der Waals surface area contributed by atoms with Crippen LogP contribution < -0.4 is 67.7 Å². The molecule has 0 radical (unpaired) electrons. The Kier molecular flexibility index (Phi) is 8.46. The summed E-state index contributed by atoms with van der Waals surface area (Å²) in [6.45, 7) is -0.256. The molecule has 0 saturated heterocycles. The van der Waals surface area contributed by atoms with Crippen molar-refractivity contribution in [3.8, 4) is 45.6 Å². The van der Waals surface area contributed by atoms with E-state index in [-0.39, 0.29) is 13.4 Å². The molecular formula is C60H38B2O4Si. The fourth-order valence-electron chi connectivity index (χ4n) is 11.4. The Balaban J connectivity index is 1.03. The van der Waals surface area contributed by atoms with Crippen molar-refractivity contribution in [3.63, 3.8) is 0 Å². The molecule has 0 amide bonds. The molecule has 4 heterocycles. The van der Waals surface area contributed by atoms with Gasteiger partial charge in [0.25, 0.3) is 13.4 Å². The van der Waals surface area contributed by atoms with Gasteiger partial charge in [-0.05, 0) is 78.5 Å². The molecule has 1 aromatic heterocycles. The zero-order valence-electron chi connectivity index (χ0n) is 36.2. The Morgan fingerprint density at radius 2 is 0.836 bits per heavy atom. The predicted molar refractivity (Wildman–Crippen MR) is 278 cm³/mol. The number of hydrogen-bond donors (Lipinski definition) is 0. The summed E-state index contributed by atoms with van der Waals surface area (Å²) in [7, 11) is -2.85. The highest BCUT2D eigenvalue weighted by atomic mass is 28.3. The van der Waals surface area contributed by atoms with Crippen molar-refractivity contribution < 1.29 is 18.6 Å². The third-order valence-corrected chi connectivity index (χ3v) is 19.0. The smallest absolute Gasteiger partial charge is 0.260 e. The SMILES string of the molecule is c1ccc(-c2cc(B3c4ccccc4Oc4cc5c(cc43)B3c4ccccc4Oc4cccc(c43)O5)cc3c2oc2ccc([Si](c4ccccc4)(c4ccccc4)c4ccccc4)cc23)cc1. The van der Waals surface area contributed by atoms with Crippen LogP contribution in [0.5, 0.6) is 34.5 Å². The van der Waals surface area contributed by atoms with E-state index in [2.05, 4.69) is 206 Å². The summed E-state index contributed by atoms with van der Waals surface area (Å²) < 4.78 is 27.2. The van der Waals surface area contributed by atoms with Gasteiger partial charge >= 0.3 is 0 Å². The highest BCUT2D eigenvalue weighted by Crippen LogP contribution is 2.39. The number of ether oxygens (including phenoxy) is 3. The van der Waals surface area contributed by atoms with Crippen molar-refractivity contribution in [1.29, 1.82) is 0 Å². The second-order valence-corrected chi connectivity index (χ2v) is 21.6. The van der Waals surface area contributed by atoms with E-state index in [0.717, 1.165) is 100 Å². The van der Waals surface area contributed by atoms with Gasteiger partial charge in [-0.1, -0.05) is 200 Å². The predicted octanol–water partition coefficient (Wildman–Crippen LogP) is 7.98. The largest absolute Gasteiger partial charge is 0.458 e. The van der Waals surface area contributed by atoms with Crippen molar-refractivity contribution >= 4 is 97.0 Å². The summed E-state index contributed by atoms with van der Waals surface area (Å²) in [6, 6.07) is 83.1. The van der Waals surface area contributed by atoms with Gasteiger partial charge < -0.3 is 18.6 Å². The lowest BCUT2D eigenvalue weighted by atomic mass is 9.32. The summed E-state index contributed by atoms with van der Waals surface area (Å²) in [5.74, 6) is 4.90. The van der Waals surface area contributed by atoms with Gasteiger partial charge in [-0.3, -0.25) is 0 Å². The Morgan fingerprint density at radius 1 is 0.328 bits per heavy atom. The third-order valence-electron chi connectivity index (χ3n) is 14.3. The molecule has 0 aliphatic carbocycles. The van der Waals surface area contributed by atoms with E-state index in [9.17, 15) is 0 Å². The molecule has 0 atom stereocenters. The molecule has 312 valence electrons. The van der Waals surface area contributed by atoms with Crippen molar-refractivity contribution in [2.24, 2.45) is 0 Å². The zero-order chi connectivity index (χ0) is 44.1. The van der Waals surface area contributed by atoms with Gasteiger partial charge in [0, 0.05) is 27.9 Å². The molecule has 0 saturated carbocycles. The molecule has 4 nitrogen and oxygen atoms in total. The van der Waals surface area contributed by atoms with Crippen LogP contribution in [0.25, 0.3) is 33.1 Å². The highest BCUT2D eigenvalue weighted by molar-refractivity contribution is 7.20. The quantitative estimate of drug-likeness (QED) is 0.126. The average molecular weight is 873 g/mol. The van der Waals surface area contributed by atoms with Gasteiger partial charge in [0.1, 0.15) is 45.7 Å². The lowest BCUT2D eigenvalue weighted by molar-refractivity contribution is 0.456. The van der Waals surface area contributed by atoms with Crippen LogP contribution in [0.2, 0.25) is 0 Å². The first-order chi connectivity index (χ1) is 33.2. The fourth-order valence-corrected chi connectivity index (χ4v) is 16.2. The monoisotopic (exact) mass is 872 g/mol. The van der Waals surface area contributed by atoms with E-state index in [0.29, 0.717) is 0 Å². The molecule has 0 bridgehead atoms.